The van der Waals surface area contributed by atoms with E-state index in [4.69, 9.17) is 15.2 Å². The molecule has 3 N–H and O–H groups in total. The van der Waals surface area contributed by atoms with Gasteiger partial charge in [-0.25, -0.2) is 4.79 Å². The van der Waals surface area contributed by atoms with E-state index in [1.54, 1.807) is 11.3 Å². The molecule has 3 saturated heterocycles. The quantitative estimate of drug-likeness (QED) is 0.234. The first kappa shape index (κ1) is 37.7. The second-order valence-electron chi connectivity index (χ2n) is 21.9. The summed E-state index contributed by atoms with van der Waals surface area (Å²) < 4.78 is 14.1. The molecule has 320 valence electrons. The predicted octanol–water partition coefficient (Wildman–Crippen LogP) is 8.69. The van der Waals surface area contributed by atoms with Crippen molar-refractivity contribution < 1.29 is 24.2 Å². The van der Waals surface area contributed by atoms with Crippen molar-refractivity contribution in [2.75, 3.05) is 26.2 Å². The Morgan fingerprint density at radius 2 is 1.79 bits per heavy atom. The number of aliphatic hydroxyl groups excluding tert-OH is 1. The van der Waals surface area contributed by atoms with Crippen LogP contribution in [-0.4, -0.2) is 65.1 Å². The Balaban J connectivity index is 1.12. The van der Waals surface area contributed by atoms with E-state index in [9.17, 15) is 9.90 Å². The van der Waals surface area contributed by atoms with Gasteiger partial charge in [0.2, 0.25) is 0 Å². The Bertz CT molecular complexity index is 2380. The Morgan fingerprint density at radius 3 is 2.67 bits per heavy atom. The standard InChI is InChI=1S/C53H63N3O5/c1-29-20-35-15-16-41-37-24-33-26-55(28-37)30(2)21-42(57)48-51-18-17-38-40-25-36(44(29)46(38)47(35)56(41)27-33)23-32-10-5-9-31(22-32)8-3-4-14-43(52(40,51)50(59)60-48)53(51)39-13-6-11-34(12-7-19-54)45(39)49(58)61-53/h5-6,9-11,13,22,29-30,33,36-37,41,43-44,46,57H,3-4,7-8,12,14-21,23-28,54H2,1-2H3/b48-42-/t29-,30+,33+,36+,37-,41+,43+,44-,46+,51-,52+,53-/m1/s1. The summed E-state index contributed by atoms with van der Waals surface area (Å²) in [4.78, 5) is 36.4. The van der Waals surface area contributed by atoms with Crippen molar-refractivity contribution in [2.45, 2.75) is 128 Å². The minimum absolute atomic E-state index is 0.0736. The number of hydrogen-bond acceptors (Lipinski definition) is 8. The van der Waals surface area contributed by atoms with Gasteiger partial charge in [0.25, 0.3) is 0 Å². The highest BCUT2D eigenvalue weighted by Gasteiger charge is 2.93. The molecule has 0 aromatic heterocycles. The van der Waals surface area contributed by atoms with Crippen LogP contribution in [0.25, 0.3) is 0 Å². The summed E-state index contributed by atoms with van der Waals surface area (Å²) in [5.74, 6) is 2.63. The van der Waals surface area contributed by atoms with Gasteiger partial charge in [0.15, 0.2) is 11.4 Å². The molecule has 9 heterocycles. The Labute approximate surface area is 361 Å². The second kappa shape index (κ2) is 13.1. The number of nitrogens with zero attached hydrogens (tertiary/aromatic N) is 2. The van der Waals surface area contributed by atoms with Crippen LogP contribution in [0.3, 0.4) is 0 Å². The number of piperidine rings is 2. The van der Waals surface area contributed by atoms with Gasteiger partial charge in [0, 0.05) is 61.2 Å². The van der Waals surface area contributed by atoms with Gasteiger partial charge in [-0.15, -0.1) is 0 Å². The Hall–Kier alpha value is -3.88. The molecule has 9 aliphatic heterocycles. The van der Waals surface area contributed by atoms with Crippen molar-refractivity contribution in [1.29, 1.82) is 0 Å². The topological polar surface area (TPSA) is 105 Å². The number of ether oxygens (including phenoxy) is 2. The highest BCUT2D eigenvalue weighted by atomic mass is 16.6. The molecular weight excluding hydrogens is 759 g/mol. The smallest absolute Gasteiger partial charge is 0.339 e. The number of allylic oxidation sites excluding steroid dienone is 2. The number of aliphatic hydroxyl groups is 1. The van der Waals surface area contributed by atoms with Crippen molar-refractivity contribution in [3.63, 3.8) is 0 Å². The SMILES string of the molecule is C[C@@H]1CC2=C3[C@H]4C5=C6C[C@H](Cc7cccc(c7)CCCC[C@H]7[C@]68C(=O)O/C(=C(\O)C[C@H](C)N6C[C@@H]9C[C@H](C6)[C@H](CC2)N3C9)[C@@]8(CC5)[C@]72OC(=O)c3c(CCCN)cccc32)[C@H]41. The second-order valence-corrected chi connectivity index (χ2v) is 21.9. The van der Waals surface area contributed by atoms with Crippen LogP contribution in [0.4, 0.5) is 0 Å². The van der Waals surface area contributed by atoms with E-state index < -0.39 is 16.4 Å². The van der Waals surface area contributed by atoms with Crippen LogP contribution >= 0.6 is 0 Å². The van der Waals surface area contributed by atoms with Crippen molar-refractivity contribution in [1.82, 2.24) is 9.80 Å². The average Bonchev–Trinajstić information content (AvgIpc) is 3.71. The van der Waals surface area contributed by atoms with Crippen LogP contribution < -0.4 is 5.73 Å². The number of esters is 2. The fourth-order valence-corrected chi connectivity index (χ4v) is 17.5. The van der Waals surface area contributed by atoms with E-state index in [-0.39, 0.29) is 35.6 Å². The summed E-state index contributed by atoms with van der Waals surface area (Å²) in [5.41, 5.74) is 14.4. The molecule has 16 rings (SSSR count). The molecule has 0 radical (unpaired) electrons. The molecule has 5 aliphatic carbocycles. The van der Waals surface area contributed by atoms with Gasteiger partial charge in [-0.1, -0.05) is 72.5 Å². The number of aryl methyl sites for hydroxylation is 2. The zero-order chi connectivity index (χ0) is 41.2. The van der Waals surface area contributed by atoms with Crippen LogP contribution in [0.1, 0.15) is 124 Å². The number of carbonyl (C=O) groups is 2. The fraction of sp³-hybridized carbons (Fsp3) is 0.623. The fourth-order valence-electron chi connectivity index (χ4n) is 17.5. The van der Waals surface area contributed by atoms with E-state index in [0.717, 1.165) is 82.1 Å². The first-order chi connectivity index (χ1) is 29.7. The minimum Gasteiger partial charge on any atom is -0.509 e. The predicted molar refractivity (Wildman–Crippen MR) is 232 cm³/mol. The van der Waals surface area contributed by atoms with Crippen molar-refractivity contribution in [3.05, 3.63) is 104 Å². The van der Waals surface area contributed by atoms with Gasteiger partial charge < -0.3 is 25.2 Å². The zero-order valence-corrected chi connectivity index (χ0v) is 36.2. The summed E-state index contributed by atoms with van der Waals surface area (Å²) in [6.07, 6.45) is 13.7. The first-order valence-electron chi connectivity index (χ1n) is 24.4. The van der Waals surface area contributed by atoms with E-state index in [1.165, 1.54) is 48.0 Å². The van der Waals surface area contributed by atoms with E-state index in [1.807, 2.05) is 0 Å². The van der Waals surface area contributed by atoms with Gasteiger partial charge in [-0.2, -0.15) is 0 Å². The van der Waals surface area contributed by atoms with Gasteiger partial charge in [-0.05, 0) is 143 Å². The first-order valence-corrected chi connectivity index (χ1v) is 24.4. The normalized spacial score (nSPS) is 43.7. The number of hydrogen-bond donors (Lipinski definition) is 2. The molecule has 61 heavy (non-hydrogen) atoms. The molecule has 2 aromatic carbocycles. The lowest BCUT2D eigenvalue weighted by Gasteiger charge is -2.72. The average molecular weight is 822 g/mol. The van der Waals surface area contributed by atoms with Crippen LogP contribution in [0.2, 0.25) is 0 Å². The largest absolute Gasteiger partial charge is 0.509 e. The zero-order valence-electron chi connectivity index (χ0n) is 36.2. The van der Waals surface area contributed by atoms with Crippen molar-refractivity contribution >= 4 is 11.9 Å². The molecule has 14 aliphatic rings. The third-order valence-electron chi connectivity index (χ3n) is 19.3. The maximum absolute atomic E-state index is 16.0. The van der Waals surface area contributed by atoms with Crippen LogP contribution in [0.15, 0.2) is 76.4 Å². The van der Waals surface area contributed by atoms with E-state index >= 15 is 4.79 Å². The number of rotatable bonds is 3. The summed E-state index contributed by atoms with van der Waals surface area (Å²) in [5, 5.41) is 12.9. The van der Waals surface area contributed by atoms with Gasteiger partial charge >= 0.3 is 11.9 Å². The van der Waals surface area contributed by atoms with Crippen molar-refractivity contribution in [2.24, 2.45) is 58.0 Å². The number of benzene rings is 2. The monoisotopic (exact) mass is 821 g/mol. The molecule has 8 nitrogen and oxygen atoms in total. The van der Waals surface area contributed by atoms with Gasteiger partial charge in [0.05, 0.1) is 11.0 Å². The van der Waals surface area contributed by atoms with Gasteiger partial charge in [-0.3, -0.25) is 9.69 Å². The highest BCUT2D eigenvalue weighted by molar-refractivity contribution is 6.00. The molecule has 4 fully saturated rings. The molecule has 15 bridgehead atoms. The maximum atomic E-state index is 16.0. The third kappa shape index (κ3) is 4.60. The summed E-state index contributed by atoms with van der Waals surface area (Å²) in [6.45, 7) is 8.55. The van der Waals surface area contributed by atoms with Gasteiger partial charge in [0.1, 0.15) is 11.2 Å². The molecule has 2 aromatic rings. The van der Waals surface area contributed by atoms with Crippen LogP contribution in [0.5, 0.6) is 0 Å². The number of carbonyl (C=O) groups excluding carboxylic acids is 2. The third-order valence-corrected chi connectivity index (χ3v) is 19.3. The van der Waals surface area contributed by atoms with Crippen molar-refractivity contribution in [3.8, 4) is 0 Å². The maximum Gasteiger partial charge on any atom is 0.339 e. The summed E-state index contributed by atoms with van der Waals surface area (Å²) in [7, 11) is 0. The minimum atomic E-state index is -1.13. The summed E-state index contributed by atoms with van der Waals surface area (Å²) >= 11 is 0. The molecule has 3 spiro atoms. The molecule has 1 saturated carbocycles. The van der Waals surface area contributed by atoms with Crippen LogP contribution in [-0.2, 0) is 39.1 Å². The molecule has 8 heteroatoms. The Kier molecular flexibility index (Phi) is 8.08. The lowest BCUT2D eigenvalue weighted by molar-refractivity contribution is -0.279. The summed E-state index contributed by atoms with van der Waals surface area (Å²) in [6, 6.07) is 16.3. The molecular formula is C53H63N3O5. The Morgan fingerprint density at radius 1 is 0.918 bits per heavy atom. The molecule has 1 unspecified atom stereocenters. The van der Waals surface area contributed by atoms with Crippen LogP contribution in [0, 0.1) is 52.3 Å². The lowest BCUT2D eigenvalue weighted by Crippen LogP contribution is -2.77. The lowest BCUT2D eigenvalue weighted by atomic mass is 9.28. The molecule has 0 amide bonds. The van der Waals surface area contributed by atoms with E-state index in [2.05, 4.69) is 66.1 Å². The molecule has 13 atom stereocenters. The number of nitrogens with two attached hydrogens (primary N) is 1. The highest BCUT2D eigenvalue weighted by Crippen LogP contribution is 2.87. The number of fused-ring (bicyclic) bond motifs is 7. The van der Waals surface area contributed by atoms with E-state index in [0.29, 0.717) is 72.8 Å².